The van der Waals surface area contributed by atoms with Gasteiger partial charge in [-0.15, -0.1) is 0 Å². The van der Waals surface area contributed by atoms with E-state index in [0.717, 1.165) is 11.3 Å². The monoisotopic (exact) mass is 251 g/mol. The number of aliphatic carboxylic acids is 1. The van der Waals surface area contributed by atoms with Crippen LogP contribution in [0, 0.1) is 6.92 Å². The van der Waals surface area contributed by atoms with Gasteiger partial charge in [0.2, 0.25) is 0 Å². The summed E-state index contributed by atoms with van der Waals surface area (Å²) < 4.78 is 5.60. The van der Waals surface area contributed by atoms with E-state index in [9.17, 15) is 4.79 Å². The van der Waals surface area contributed by atoms with Crippen molar-refractivity contribution >= 4 is 5.97 Å². The first-order chi connectivity index (χ1) is 8.50. The summed E-state index contributed by atoms with van der Waals surface area (Å²) in [6.45, 7) is 6.22. The fraction of sp³-hybridized carbons (Fsp3) is 0.500. The molecule has 0 saturated heterocycles. The van der Waals surface area contributed by atoms with Gasteiger partial charge in [0.05, 0.1) is 6.61 Å². The summed E-state index contributed by atoms with van der Waals surface area (Å²) in [5.41, 5.74) is 1.06. The Kier molecular flexibility index (Phi) is 5.65. The minimum atomic E-state index is -0.836. The second-order valence-electron chi connectivity index (χ2n) is 4.61. The lowest BCUT2D eigenvalue weighted by Crippen LogP contribution is -2.41. The third-order valence-electron chi connectivity index (χ3n) is 2.59. The van der Waals surface area contributed by atoms with Gasteiger partial charge in [-0.25, -0.2) is 0 Å². The molecule has 0 aliphatic heterocycles. The van der Waals surface area contributed by atoms with E-state index in [1.165, 1.54) is 0 Å². The second-order valence-corrected chi connectivity index (χ2v) is 4.61. The molecule has 0 aliphatic rings. The molecule has 1 unspecified atom stereocenters. The van der Waals surface area contributed by atoms with Gasteiger partial charge in [-0.3, -0.25) is 4.79 Å². The molecule has 1 atom stereocenters. The van der Waals surface area contributed by atoms with E-state index >= 15 is 0 Å². The van der Waals surface area contributed by atoms with Crippen molar-refractivity contribution < 1.29 is 14.6 Å². The maximum absolute atomic E-state index is 11.0. The summed E-state index contributed by atoms with van der Waals surface area (Å²) in [6, 6.07) is 7.29. The zero-order chi connectivity index (χ0) is 13.5. The van der Waals surface area contributed by atoms with E-state index < -0.39 is 12.0 Å². The first-order valence-electron chi connectivity index (χ1n) is 6.18. The van der Waals surface area contributed by atoms with Crippen LogP contribution in [0.15, 0.2) is 24.3 Å². The Morgan fingerprint density at radius 1 is 1.39 bits per heavy atom. The average molecular weight is 251 g/mol. The number of hydrogen-bond donors (Lipinski definition) is 2. The molecule has 1 aromatic rings. The summed E-state index contributed by atoms with van der Waals surface area (Å²) >= 11 is 0. The highest BCUT2D eigenvalue weighted by atomic mass is 16.5. The van der Waals surface area contributed by atoms with Crippen molar-refractivity contribution in [3.8, 4) is 5.75 Å². The number of hydrogen-bond acceptors (Lipinski definition) is 3. The molecule has 2 N–H and O–H groups in total. The standard InChI is InChI=1S/C14H21NO3/c1-10(2)15-12(14(16)17)8-9-18-13-7-5-4-6-11(13)3/h4-7,10,12,15H,8-9H2,1-3H3,(H,16,17). The summed E-state index contributed by atoms with van der Waals surface area (Å²) in [7, 11) is 0. The lowest BCUT2D eigenvalue weighted by Gasteiger charge is -2.17. The first kappa shape index (κ1) is 14.5. The molecule has 18 heavy (non-hydrogen) atoms. The Hall–Kier alpha value is -1.55. The molecule has 0 saturated carbocycles. The highest BCUT2D eigenvalue weighted by Gasteiger charge is 2.17. The summed E-state index contributed by atoms with van der Waals surface area (Å²) in [5, 5.41) is 12.1. The number of carboxylic acid groups (broad SMARTS) is 1. The van der Waals surface area contributed by atoms with Crippen molar-refractivity contribution in [1.82, 2.24) is 5.32 Å². The van der Waals surface area contributed by atoms with Gasteiger partial charge in [0.25, 0.3) is 0 Å². The largest absolute Gasteiger partial charge is 0.493 e. The molecular weight excluding hydrogens is 230 g/mol. The van der Waals surface area contributed by atoms with Gasteiger partial charge >= 0.3 is 5.97 Å². The molecule has 0 aromatic heterocycles. The van der Waals surface area contributed by atoms with E-state index in [0.29, 0.717) is 13.0 Å². The van der Waals surface area contributed by atoms with Crippen LogP contribution in [0.5, 0.6) is 5.75 Å². The molecule has 1 aromatic carbocycles. The van der Waals surface area contributed by atoms with Crippen LogP contribution in [0.1, 0.15) is 25.8 Å². The van der Waals surface area contributed by atoms with Crippen LogP contribution >= 0.6 is 0 Å². The van der Waals surface area contributed by atoms with Crippen molar-refractivity contribution in [3.63, 3.8) is 0 Å². The molecule has 0 radical (unpaired) electrons. The van der Waals surface area contributed by atoms with E-state index in [-0.39, 0.29) is 6.04 Å². The van der Waals surface area contributed by atoms with Crippen LogP contribution in [-0.4, -0.2) is 29.8 Å². The van der Waals surface area contributed by atoms with Crippen LogP contribution in [0.4, 0.5) is 0 Å². The van der Waals surface area contributed by atoms with Crippen molar-refractivity contribution in [1.29, 1.82) is 0 Å². The molecule has 1 rings (SSSR count). The Morgan fingerprint density at radius 2 is 2.06 bits per heavy atom. The minimum absolute atomic E-state index is 0.143. The zero-order valence-corrected chi connectivity index (χ0v) is 11.1. The van der Waals surface area contributed by atoms with E-state index in [1.807, 2.05) is 45.0 Å². The normalized spacial score (nSPS) is 12.4. The smallest absolute Gasteiger partial charge is 0.320 e. The van der Waals surface area contributed by atoms with Gasteiger partial charge < -0.3 is 15.2 Å². The molecule has 4 heteroatoms. The zero-order valence-electron chi connectivity index (χ0n) is 11.1. The fourth-order valence-electron chi connectivity index (χ4n) is 1.69. The van der Waals surface area contributed by atoms with Crippen LogP contribution in [0.25, 0.3) is 0 Å². The summed E-state index contributed by atoms with van der Waals surface area (Å²) in [4.78, 5) is 11.0. The third-order valence-corrected chi connectivity index (χ3v) is 2.59. The molecule has 0 spiro atoms. The Bertz CT molecular complexity index is 390. The highest BCUT2D eigenvalue weighted by Crippen LogP contribution is 2.16. The number of carbonyl (C=O) groups is 1. The van der Waals surface area contributed by atoms with Crippen molar-refractivity contribution in [3.05, 3.63) is 29.8 Å². The number of nitrogens with one attached hydrogen (secondary N) is 1. The maximum Gasteiger partial charge on any atom is 0.320 e. The summed E-state index contributed by atoms with van der Waals surface area (Å²) in [6.07, 6.45) is 0.446. The fourth-order valence-corrected chi connectivity index (χ4v) is 1.69. The number of carboxylic acids is 1. The number of rotatable bonds is 7. The molecule has 0 amide bonds. The van der Waals surface area contributed by atoms with Gasteiger partial charge in [0.1, 0.15) is 11.8 Å². The van der Waals surface area contributed by atoms with Gasteiger partial charge in [-0.05, 0) is 18.6 Å². The van der Waals surface area contributed by atoms with Crippen LogP contribution in [0.3, 0.4) is 0 Å². The number of aryl methyl sites for hydroxylation is 1. The Morgan fingerprint density at radius 3 is 2.61 bits per heavy atom. The van der Waals surface area contributed by atoms with Crippen molar-refractivity contribution in [2.75, 3.05) is 6.61 Å². The minimum Gasteiger partial charge on any atom is -0.493 e. The lowest BCUT2D eigenvalue weighted by molar-refractivity contribution is -0.140. The Balaban J connectivity index is 2.44. The van der Waals surface area contributed by atoms with Crippen LogP contribution < -0.4 is 10.1 Å². The molecule has 0 fully saturated rings. The SMILES string of the molecule is Cc1ccccc1OCCC(NC(C)C)C(=O)O. The third kappa shape index (κ3) is 4.75. The van der Waals surface area contributed by atoms with Gasteiger partial charge in [-0.1, -0.05) is 32.0 Å². The van der Waals surface area contributed by atoms with Gasteiger partial charge in [0, 0.05) is 12.5 Å². The lowest BCUT2D eigenvalue weighted by atomic mass is 10.2. The highest BCUT2D eigenvalue weighted by molar-refractivity contribution is 5.73. The van der Waals surface area contributed by atoms with Gasteiger partial charge in [-0.2, -0.15) is 0 Å². The predicted octanol–water partition coefficient (Wildman–Crippen LogP) is 2.22. The molecule has 100 valence electrons. The molecule has 0 heterocycles. The quantitative estimate of drug-likeness (QED) is 0.780. The van der Waals surface area contributed by atoms with Crippen molar-refractivity contribution in [2.24, 2.45) is 0 Å². The molecule has 0 bridgehead atoms. The number of para-hydroxylation sites is 1. The van der Waals surface area contributed by atoms with E-state index in [4.69, 9.17) is 9.84 Å². The average Bonchev–Trinajstić information content (AvgIpc) is 2.29. The van der Waals surface area contributed by atoms with Gasteiger partial charge in [0.15, 0.2) is 0 Å². The predicted molar refractivity (Wildman–Crippen MR) is 71.0 cm³/mol. The molecule has 4 nitrogen and oxygen atoms in total. The van der Waals surface area contributed by atoms with Crippen molar-refractivity contribution in [2.45, 2.75) is 39.3 Å². The van der Waals surface area contributed by atoms with E-state index in [1.54, 1.807) is 0 Å². The number of ether oxygens (including phenoxy) is 1. The van der Waals surface area contributed by atoms with Crippen LogP contribution in [-0.2, 0) is 4.79 Å². The molecule has 0 aliphatic carbocycles. The maximum atomic E-state index is 11.0. The number of benzene rings is 1. The first-order valence-corrected chi connectivity index (χ1v) is 6.18. The second kappa shape index (κ2) is 7.01. The van der Waals surface area contributed by atoms with E-state index in [2.05, 4.69) is 5.32 Å². The molecular formula is C14H21NO3. The topological polar surface area (TPSA) is 58.6 Å². The summed E-state index contributed by atoms with van der Waals surface area (Å²) in [5.74, 6) is -0.0248. The Labute approximate surface area is 108 Å². The van der Waals surface area contributed by atoms with Crippen LogP contribution in [0.2, 0.25) is 0 Å².